The fraction of sp³-hybridized carbons (Fsp3) is 0.375. The second-order valence-corrected chi connectivity index (χ2v) is 4.15. The number of allylic oxidation sites excluding steroid dienone is 4. The highest BCUT2D eigenvalue weighted by Crippen LogP contribution is 2.28. The molecule has 1 nitrogen and oxygen atoms in total. The van der Waals surface area contributed by atoms with Crippen LogP contribution in [0.15, 0.2) is 21.3 Å². The summed E-state index contributed by atoms with van der Waals surface area (Å²) in [6, 6.07) is 0. The Morgan fingerprint density at radius 2 is 2.55 bits per heavy atom. The predicted octanol–water partition coefficient (Wildman–Crippen LogP) is 2.83. The Kier molecular flexibility index (Phi) is 3.59. The van der Waals surface area contributed by atoms with Gasteiger partial charge in [-0.3, -0.25) is 0 Å². The molecule has 11 heavy (non-hydrogen) atoms. The molecule has 0 spiro atoms. The van der Waals surface area contributed by atoms with Gasteiger partial charge in [0.05, 0.1) is 5.38 Å². The third kappa shape index (κ3) is 2.60. The summed E-state index contributed by atoms with van der Waals surface area (Å²) in [6.07, 6.45) is 6.28. The van der Waals surface area contributed by atoms with E-state index in [0.717, 1.165) is 21.9 Å². The first-order chi connectivity index (χ1) is 5.24. The van der Waals surface area contributed by atoms with E-state index in [4.69, 9.17) is 11.6 Å². The molecule has 1 aliphatic carbocycles. The van der Waals surface area contributed by atoms with Crippen molar-refractivity contribution >= 4 is 40.5 Å². The summed E-state index contributed by atoms with van der Waals surface area (Å²) in [5, 5.41) is 0.117. The Morgan fingerprint density at radius 1 is 1.82 bits per heavy atom. The average Bonchev–Trinajstić information content (AvgIpc) is 1.98. The molecule has 0 radical (unpaired) electrons. The van der Waals surface area contributed by atoms with E-state index in [1.165, 1.54) is 0 Å². The predicted molar refractivity (Wildman–Crippen MR) is 55.1 cm³/mol. The van der Waals surface area contributed by atoms with Crippen LogP contribution < -0.4 is 0 Å². The van der Waals surface area contributed by atoms with Gasteiger partial charge in [0.25, 0.3) is 0 Å². The van der Waals surface area contributed by atoms with Crippen LogP contribution in [0.25, 0.3) is 0 Å². The van der Waals surface area contributed by atoms with Gasteiger partial charge in [0.1, 0.15) is 6.29 Å². The minimum absolute atomic E-state index is 0.117. The van der Waals surface area contributed by atoms with Crippen molar-refractivity contribution in [1.29, 1.82) is 0 Å². The maximum Gasteiger partial charge on any atom is 0.124 e. The Balaban J connectivity index is 2.66. The summed E-state index contributed by atoms with van der Waals surface area (Å²) in [5.41, 5.74) is 1.08. The molecule has 1 unspecified atom stereocenters. The number of halogens is 2. The minimum Gasteiger partial charge on any atom is -0.303 e. The molecular formula is C8H8ClIO. The van der Waals surface area contributed by atoms with Gasteiger partial charge >= 0.3 is 0 Å². The molecule has 0 heterocycles. The molecule has 0 amide bonds. The summed E-state index contributed by atoms with van der Waals surface area (Å²) in [7, 11) is 0. The van der Waals surface area contributed by atoms with E-state index < -0.39 is 0 Å². The SMILES string of the molecule is O=CCC1=CCC(Cl)C(I)=C1. The Labute approximate surface area is 84.6 Å². The van der Waals surface area contributed by atoms with Crippen molar-refractivity contribution in [2.75, 3.05) is 0 Å². The summed E-state index contributed by atoms with van der Waals surface area (Å²) in [6.45, 7) is 0. The number of hydrogen-bond acceptors (Lipinski definition) is 1. The highest BCUT2D eigenvalue weighted by molar-refractivity contribution is 14.1. The van der Waals surface area contributed by atoms with E-state index in [1.807, 2.05) is 12.2 Å². The lowest BCUT2D eigenvalue weighted by molar-refractivity contribution is -0.107. The number of hydrogen-bond donors (Lipinski definition) is 0. The van der Waals surface area contributed by atoms with E-state index in [2.05, 4.69) is 22.6 Å². The van der Waals surface area contributed by atoms with Gasteiger partial charge in [-0.15, -0.1) is 11.6 Å². The van der Waals surface area contributed by atoms with E-state index in [1.54, 1.807) is 0 Å². The maximum atomic E-state index is 10.2. The van der Waals surface area contributed by atoms with Crippen LogP contribution in [0.5, 0.6) is 0 Å². The van der Waals surface area contributed by atoms with E-state index in [9.17, 15) is 4.79 Å². The highest BCUT2D eigenvalue weighted by atomic mass is 127. The third-order valence-electron chi connectivity index (χ3n) is 1.53. The van der Waals surface area contributed by atoms with Crippen LogP contribution in [-0.2, 0) is 4.79 Å². The van der Waals surface area contributed by atoms with Crippen molar-refractivity contribution in [3.8, 4) is 0 Å². The van der Waals surface area contributed by atoms with Crippen LogP contribution in [0.1, 0.15) is 12.8 Å². The number of alkyl halides is 1. The lowest BCUT2D eigenvalue weighted by Crippen LogP contribution is -2.02. The van der Waals surface area contributed by atoms with Gasteiger partial charge in [0.15, 0.2) is 0 Å². The van der Waals surface area contributed by atoms with E-state index in [-0.39, 0.29) is 5.38 Å². The zero-order valence-corrected chi connectivity index (χ0v) is 8.80. The van der Waals surface area contributed by atoms with Gasteiger partial charge < -0.3 is 4.79 Å². The van der Waals surface area contributed by atoms with Crippen LogP contribution in [0.4, 0.5) is 0 Å². The molecule has 0 aliphatic heterocycles. The number of carbonyl (C=O) groups excluding carboxylic acids is 1. The zero-order valence-electron chi connectivity index (χ0n) is 5.89. The highest BCUT2D eigenvalue weighted by Gasteiger charge is 2.11. The monoisotopic (exact) mass is 282 g/mol. The average molecular weight is 283 g/mol. The van der Waals surface area contributed by atoms with Crippen molar-refractivity contribution in [1.82, 2.24) is 0 Å². The fourth-order valence-electron chi connectivity index (χ4n) is 0.932. The molecule has 0 N–H and O–H groups in total. The van der Waals surface area contributed by atoms with Crippen molar-refractivity contribution in [3.63, 3.8) is 0 Å². The Hall–Kier alpha value is 0.170. The largest absolute Gasteiger partial charge is 0.303 e. The first-order valence-electron chi connectivity index (χ1n) is 3.38. The number of carbonyl (C=O) groups is 1. The molecule has 0 fully saturated rings. The molecule has 60 valence electrons. The molecule has 0 aromatic carbocycles. The van der Waals surface area contributed by atoms with Crippen molar-refractivity contribution < 1.29 is 4.79 Å². The molecule has 1 rings (SSSR count). The van der Waals surface area contributed by atoms with Gasteiger partial charge in [-0.1, -0.05) is 6.08 Å². The molecular weight excluding hydrogens is 274 g/mol. The van der Waals surface area contributed by atoms with Gasteiger partial charge in [-0.2, -0.15) is 0 Å². The smallest absolute Gasteiger partial charge is 0.124 e. The van der Waals surface area contributed by atoms with Gasteiger partial charge in [0.2, 0.25) is 0 Å². The quantitative estimate of drug-likeness (QED) is 0.432. The summed E-state index contributed by atoms with van der Waals surface area (Å²) in [4.78, 5) is 10.2. The van der Waals surface area contributed by atoms with Crippen molar-refractivity contribution in [2.45, 2.75) is 18.2 Å². The molecule has 3 heteroatoms. The lowest BCUT2D eigenvalue weighted by atomic mass is 10.1. The first-order valence-corrected chi connectivity index (χ1v) is 4.89. The molecule has 1 aliphatic rings. The second kappa shape index (κ2) is 4.26. The third-order valence-corrected chi connectivity index (χ3v) is 3.37. The number of aldehydes is 1. The summed E-state index contributed by atoms with van der Waals surface area (Å²) in [5.74, 6) is 0. The van der Waals surface area contributed by atoms with Crippen LogP contribution in [0.2, 0.25) is 0 Å². The van der Waals surface area contributed by atoms with Crippen LogP contribution in [0.3, 0.4) is 0 Å². The molecule has 0 saturated carbocycles. The van der Waals surface area contributed by atoms with Gasteiger partial charge in [-0.25, -0.2) is 0 Å². The van der Waals surface area contributed by atoms with Crippen molar-refractivity contribution in [2.24, 2.45) is 0 Å². The summed E-state index contributed by atoms with van der Waals surface area (Å²) >= 11 is 8.13. The zero-order chi connectivity index (χ0) is 8.27. The van der Waals surface area contributed by atoms with Crippen LogP contribution in [0, 0.1) is 0 Å². The number of rotatable bonds is 2. The topological polar surface area (TPSA) is 17.1 Å². The normalized spacial score (nSPS) is 24.0. The standard InChI is InChI=1S/C8H8ClIO/c9-7-2-1-6(3-4-11)5-8(7)10/h1,4-5,7H,2-3H2. The molecule has 0 bridgehead atoms. The Morgan fingerprint density at radius 3 is 3.09 bits per heavy atom. The van der Waals surface area contributed by atoms with Crippen LogP contribution >= 0.6 is 34.2 Å². The van der Waals surface area contributed by atoms with Gasteiger partial charge in [-0.05, 0) is 40.7 Å². The lowest BCUT2D eigenvalue weighted by Gasteiger charge is -2.12. The summed E-state index contributed by atoms with van der Waals surface area (Å²) < 4.78 is 1.13. The molecule has 0 saturated heterocycles. The fourth-order valence-corrected chi connectivity index (χ4v) is 1.74. The van der Waals surface area contributed by atoms with Gasteiger partial charge in [0, 0.05) is 10.0 Å². The van der Waals surface area contributed by atoms with E-state index in [0.29, 0.717) is 6.42 Å². The second-order valence-electron chi connectivity index (χ2n) is 2.38. The first kappa shape index (κ1) is 9.26. The molecule has 0 aromatic rings. The molecule has 0 aromatic heterocycles. The molecule has 1 atom stereocenters. The van der Waals surface area contributed by atoms with Crippen molar-refractivity contribution in [3.05, 3.63) is 21.3 Å². The van der Waals surface area contributed by atoms with E-state index >= 15 is 0 Å². The minimum atomic E-state index is 0.117. The maximum absolute atomic E-state index is 10.2. The Bertz CT molecular complexity index is 220. The van der Waals surface area contributed by atoms with Crippen LogP contribution in [-0.4, -0.2) is 11.7 Å².